The molecule has 2 aromatic rings. The average Bonchev–Trinajstić information content (AvgIpc) is 2.92. The van der Waals surface area contributed by atoms with Crippen molar-refractivity contribution in [2.24, 2.45) is 5.84 Å². The van der Waals surface area contributed by atoms with Crippen LogP contribution < -0.4 is 16.6 Å². The van der Waals surface area contributed by atoms with Crippen molar-refractivity contribution in [2.75, 3.05) is 5.43 Å². The molecule has 112 valence electrons. The van der Waals surface area contributed by atoms with Gasteiger partial charge in [-0.3, -0.25) is 10.6 Å². The van der Waals surface area contributed by atoms with Gasteiger partial charge < -0.3 is 10.7 Å². The van der Waals surface area contributed by atoms with E-state index in [4.69, 9.17) is 5.84 Å². The van der Waals surface area contributed by atoms with Crippen molar-refractivity contribution in [3.63, 3.8) is 0 Å². The number of rotatable bonds is 5. The van der Waals surface area contributed by atoms with Crippen molar-refractivity contribution in [3.8, 4) is 0 Å². The molecular weight excluding hydrogens is 296 g/mol. The lowest BCUT2D eigenvalue weighted by Gasteiger charge is -2.08. The highest BCUT2D eigenvalue weighted by molar-refractivity contribution is 7.11. The van der Waals surface area contributed by atoms with Gasteiger partial charge in [0, 0.05) is 15.3 Å². The Morgan fingerprint density at radius 2 is 1.86 bits per heavy atom. The second-order valence-corrected chi connectivity index (χ2v) is 5.62. The fourth-order valence-corrected chi connectivity index (χ4v) is 2.72. The molecule has 0 unspecified atom stereocenters. The number of nitrogens with two attached hydrogens (primary N) is 1. The summed E-state index contributed by atoms with van der Waals surface area (Å²) < 4.78 is 27.0. The number of aryl methyl sites for hydroxylation is 1. The Morgan fingerprint density at radius 3 is 2.38 bits per heavy atom. The zero-order chi connectivity index (χ0) is 15.4. The Morgan fingerprint density at radius 1 is 1.24 bits per heavy atom. The smallest absolute Gasteiger partial charge is 0.251 e. The molecule has 21 heavy (non-hydrogen) atoms. The number of amides is 1. The molecule has 0 aliphatic heterocycles. The molecule has 0 bridgehead atoms. The average molecular weight is 311 g/mol. The van der Waals surface area contributed by atoms with Gasteiger partial charge in [0.15, 0.2) is 11.6 Å². The number of halogens is 2. The highest BCUT2D eigenvalue weighted by Crippen LogP contribution is 2.20. The van der Waals surface area contributed by atoms with E-state index in [9.17, 15) is 13.6 Å². The predicted octanol–water partition coefficient (Wildman–Crippen LogP) is 2.80. The lowest BCUT2D eigenvalue weighted by Crippen LogP contribution is -2.23. The van der Waals surface area contributed by atoms with E-state index in [-0.39, 0.29) is 5.56 Å². The molecule has 2 rings (SSSR count). The molecule has 0 aliphatic carbocycles. The van der Waals surface area contributed by atoms with Crippen molar-refractivity contribution < 1.29 is 13.6 Å². The quantitative estimate of drug-likeness (QED) is 0.587. The van der Waals surface area contributed by atoms with Crippen molar-refractivity contribution in [1.29, 1.82) is 0 Å². The number of hydrogen-bond donors (Lipinski definition) is 3. The fraction of sp³-hybridized carbons (Fsp3) is 0.214. The van der Waals surface area contributed by atoms with Crippen LogP contribution in [0.15, 0.2) is 24.3 Å². The highest BCUT2D eigenvalue weighted by atomic mass is 32.1. The predicted molar refractivity (Wildman–Crippen MR) is 79.0 cm³/mol. The molecule has 4 nitrogen and oxygen atoms in total. The standard InChI is InChI=1S/C14H15F2N3OS/c1-2-9-3-4-10(21-9)7-18-14(20)8-5-11(15)13(19-17)12(16)6-8/h3-6,19H,2,7,17H2,1H3,(H,18,20). The lowest BCUT2D eigenvalue weighted by molar-refractivity contribution is 0.0950. The van der Waals surface area contributed by atoms with Gasteiger partial charge >= 0.3 is 0 Å². The second kappa shape index (κ2) is 6.64. The molecule has 1 aromatic carbocycles. The van der Waals surface area contributed by atoms with Gasteiger partial charge in [-0.25, -0.2) is 8.78 Å². The van der Waals surface area contributed by atoms with Gasteiger partial charge in [0.1, 0.15) is 5.69 Å². The summed E-state index contributed by atoms with van der Waals surface area (Å²) in [6.07, 6.45) is 0.933. The van der Waals surface area contributed by atoms with E-state index < -0.39 is 23.2 Å². The SMILES string of the molecule is CCc1ccc(CNC(=O)c2cc(F)c(NN)c(F)c2)s1. The highest BCUT2D eigenvalue weighted by Gasteiger charge is 2.14. The van der Waals surface area contributed by atoms with Crippen molar-refractivity contribution >= 4 is 22.9 Å². The molecule has 0 atom stereocenters. The number of hydrazine groups is 1. The van der Waals surface area contributed by atoms with E-state index in [1.165, 1.54) is 4.88 Å². The second-order valence-electron chi connectivity index (χ2n) is 4.36. The molecule has 0 spiro atoms. The summed E-state index contributed by atoms with van der Waals surface area (Å²) >= 11 is 1.59. The van der Waals surface area contributed by atoms with Crippen LogP contribution >= 0.6 is 11.3 Å². The van der Waals surface area contributed by atoms with Gasteiger partial charge in [-0.05, 0) is 30.7 Å². The number of nitrogens with one attached hydrogen (secondary N) is 2. The van der Waals surface area contributed by atoms with Crippen LogP contribution in [0, 0.1) is 11.6 Å². The van der Waals surface area contributed by atoms with Gasteiger partial charge in [0.2, 0.25) is 0 Å². The van der Waals surface area contributed by atoms with Crippen molar-refractivity contribution in [2.45, 2.75) is 19.9 Å². The minimum atomic E-state index is -0.910. The van der Waals surface area contributed by atoms with Crippen LogP contribution in [-0.4, -0.2) is 5.91 Å². The van der Waals surface area contributed by atoms with Crippen LogP contribution in [-0.2, 0) is 13.0 Å². The number of hydrogen-bond acceptors (Lipinski definition) is 4. The number of thiophene rings is 1. The maximum absolute atomic E-state index is 13.5. The summed E-state index contributed by atoms with van der Waals surface area (Å²) in [6, 6.07) is 5.80. The van der Waals surface area contributed by atoms with E-state index in [1.54, 1.807) is 11.3 Å². The topological polar surface area (TPSA) is 67.2 Å². The maximum atomic E-state index is 13.5. The summed E-state index contributed by atoms with van der Waals surface area (Å²) in [7, 11) is 0. The van der Waals surface area contributed by atoms with Gasteiger partial charge in [-0.2, -0.15) is 0 Å². The van der Waals surface area contributed by atoms with Crippen LogP contribution in [0.3, 0.4) is 0 Å². The first-order chi connectivity index (χ1) is 10.0. The Balaban J connectivity index is 2.06. The first-order valence-corrected chi connectivity index (χ1v) is 7.18. The van der Waals surface area contributed by atoms with Gasteiger partial charge in [-0.15, -0.1) is 11.3 Å². The molecule has 0 radical (unpaired) electrons. The van der Waals surface area contributed by atoms with E-state index in [1.807, 2.05) is 24.5 Å². The maximum Gasteiger partial charge on any atom is 0.251 e. The largest absolute Gasteiger partial charge is 0.347 e. The summed E-state index contributed by atoms with van der Waals surface area (Å²) in [5, 5.41) is 2.63. The molecule has 7 heteroatoms. The minimum Gasteiger partial charge on any atom is -0.347 e. The van der Waals surface area contributed by atoms with Gasteiger partial charge in [0.25, 0.3) is 5.91 Å². The number of nitrogen functional groups attached to an aromatic ring is 1. The number of carbonyl (C=O) groups is 1. The van der Waals surface area contributed by atoms with Crippen molar-refractivity contribution in [1.82, 2.24) is 5.32 Å². The van der Waals surface area contributed by atoms with Crippen LogP contribution in [0.1, 0.15) is 27.0 Å². The lowest BCUT2D eigenvalue weighted by atomic mass is 10.1. The van der Waals surface area contributed by atoms with E-state index in [0.29, 0.717) is 6.54 Å². The fourth-order valence-electron chi connectivity index (χ4n) is 1.82. The van der Waals surface area contributed by atoms with Gasteiger partial charge in [0.05, 0.1) is 6.54 Å². The monoisotopic (exact) mass is 311 g/mol. The summed E-state index contributed by atoms with van der Waals surface area (Å²) in [4.78, 5) is 14.1. The third-order valence-corrected chi connectivity index (χ3v) is 4.17. The summed E-state index contributed by atoms with van der Waals surface area (Å²) in [6.45, 7) is 2.37. The van der Waals surface area contributed by atoms with Crippen LogP contribution in [0.2, 0.25) is 0 Å². The van der Waals surface area contributed by atoms with Crippen LogP contribution in [0.4, 0.5) is 14.5 Å². The Bertz CT molecular complexity index is 634. The first-order valence-electron chi connectivity index (χ1n) is 6.36. The molecule has 0 fully saturated rings. The first kappa shape index (κ1) is 15.4. The van der Waals surface area contributed by atoms with E-state index in [2.05, 4.69) is 5.32 Å². The third kappa shape index (κ3) is 3.56. The zero-order valence-electron chi connectivity index (χ0n) is 11.4. The molecule has 1 aromatic heterocycles. The Labute approximate surface area is 124 Å². The summed E-state index contributed by atoms with van der Waals surface area (Å²) in [5.41, 5.74) is 1.37. The van der Waals surface area contributed by atoms with Crippen molar-refractivity contribution in [3.05, 3.63) is 51.2 Å². The zero-order valence-corrected chi connectivity index (χ0v) is 12.2. The normalized spacial score (nSPS) is 10.5. The molecule has 0 saturated heterocycles. The van der Waals surface area contributed by atoms with Crippen LogP contribution in [0.5, 0.6) is 0 Å². The Kier molecular flexibility index (Phi) is 4.87. The molecule has 0 saturated carbocycles. The van der Waals surface area contributed by atoms with Gasteiger partial charge in [-0.1, -0.05) is 6.92 Å². The molecule has 1 amide bonds. The Hall–Kier alpha value is -1.99. The molecular formula is C14H15F2N3OS. The van der Waals surface area contributed by atoms with E-state index in [0.717, 1.165) is 23.4 Å². The number of anilines is 1. The minimum absolute atomic E-state index is 0.0868. The number of carbonyl (C=O) groups excluding carboxylic acids is 1. The third-order valence-electron chi connectivity index (χ3n) is 2.94. The van der Waals surface area contributed by atoms with E-state index >= 15 is 0 Å². The molecule has 4 N–H and O–H groups in total. The van der Waals surface area contributed by atoms with Crippen LogP contribution in [0.25, 0.3) is 0 Å². The molecule has 0 aliphatic rings. The summed E-state index contributed by atoms with van der Waals surface area (Å²) in [5.74, 6) is 2.64. The number of benzene rings is 1. The molecule has 1 heterocycles.